The van der Waals surface area contributed by atoms with E-state index < -0.39 is 25.9 Å². The van der Waals surface area contributed by atoms with Gasteiger partial charge in [-0.1, -0.05) is 51.1 Å². The van der Waals surface area contributed by atoms with Crippen LogP contribution in [0, 0.1) is 5.41 Å². The minimum Gasteiger partial charge on any atom is -0.790 e. The van der Waals surface area contributed by atoms with Crippen LogP contribution in [0.3, 0.4) is 0 Å². The van der Waals surface area contributed by atoms with Gasteiger partial charge in [0.1, 0.15) is 0 Å². The topological polar surface area (TPSA) is 102 Å². The summed E-state index contributed by atoms with van der Waals surface area (Å²) in [6.07, 6.45) is 0. The van der Waals surface area contributed by atoms with E-state index in [2.05, 4.69) is 9.84 Å². The van der Waals surface area contributed by atoms with Crippen LogP contribution in [-0.4, -0.2) is 12.5 Å². The van der Waals surface area contributed by atoms with Gasteiger partial charge >= 0.3 is 59.1 Å². The Kier molecular flexibility index (Phi) is 12.1. The second kappa shape index (κ2) is 10.6. The second-order valence-electron chi connectivity index (χ2n) is 5.43. The third-order valence-electron chi connectivity index (χ3n) is 2.59. The maximum Gasteiger partial charge on any atom is 1.00 e. The average Bonchev–Trinajstić information content (AvgIpc) is 2.33. The molecule has 1 atom stereocenters. The molecule has 0 spiro atoms. The quantitative estimate of drug-likeness (QED) is 0.424. The molecule has 1 rings (SSSR count). The van der Waals surface area contributed by atoms with Gasteiger partial charge in [-0.3, -0.25) is 4.79 Å². The number of hydrogen-bond donors (Lipinski definition) is 1. The Bertz CT molecular complexity index is 501. The van der Waals surface area contributed by atoms with Crippen molar-refractivity contribution in [3.05, 3.63) is 35.9 Å². The number of carbonyl (C=O) groups is 1. The molecule has 1 amide bonds. The van der Waals surface area contributed by atoms with Gasteiger partial charge in [-0.2, -0.15) is 0 Å². The van der Waals surface area contributed by atoms with E-state index in [9.17, 15) is 19.1 Å². The summed E-state index contributed by atoms with van der Waals surface area (Å²) in [7, 11) is -5.08. The fourth-order valence-electron chi connectivity index (χ4n) is 1.45. The van der Waals surface area contributed by atoms with Crippen LogP contribution in [-0.2, 0) is 13.9 Å². The fourth-order valence-corrected chi connectivity index (χ4v) is 1.78. The number of amides is 1. The molecule has 1 aromatic rings. The Labute approximate surface area is 175 Å². The molecule has 0 heterocycles. The minimum atomic E-state index is -5.08. The van der Waals surface area contributed by atoms with Crippen LogP contribution in [0.2, 0.25) is 0 Å². The third-order valence-corrected chi connectivity index (χ3v) is 3.05. The predicted octanol–water partition coefficient (Wildman–Crippen LogP) is -5.26. The number of phosphoric acid groups is 1. The van der Waals surface area contributed by atoms with E-state index in [0.717, 1.165) is 0 Å². The van der Waals surface area contributed by atoms with Crippen LogP contribution in [0.15, 0.2) is 30.3 Å². The van der Waals surface area contributed by atoms with Gasteiger partial charge in [0, 0.05) is 5.41 Å². The molecule has 1 aromatic carbocycles. The molecular formula is C13H18NNa2O5P. The molecule has 0 bridgehead atoms. The van der Waals surface area contributed by atoms with Crippen molar-refractivity contribution in [3.63, 3.8) is 0 Å². The summed E-state index contributed by atoms with van der Waals surface area (Å²) >= 11 is 0. The van der Waals surface area contributed by atoms with Gasteiger partial charge in [0.05, 0.1) is 20.5 Å². The smallest absolute Gasteiger partial charge is 0.790 e. The van der Waals surface area contributed by atoms with Gasteiger partial charge in [-0.25, -0.2) is 0 Å². The number of benzene rings is 1. The van der Waals surface area contributed by atoms with Gasteiger partial charge in [0.25, 0.3) is 0 Å². The van der Waals surface area contributed by atoms with Crippen LogP contribution in [0.4, 0.5) is 0 Å². The van der Waals surface area contributed by atoms with Gasteiger partial charge < -0.3 is 24.2 Å². The van der Waals surface area contributed by atoms with Gasteiger partial charge in [-0.05, 0) is 5.56 Å². The zero-order chi connectivity index (χ0) is 15.4. The van der Waals surface area contributed by atoms with Crippen LogP contribution >= 0.6 is 7.82 Å². The fraction of sp³-hybridized carbons (Fsp3) is 0.462. The molecule has 0 aliphatic heterocycles. The Hall–Kier alpha value is 0.800. The minimum absolute atomic E-state index is 0. The maximum atomic E-state index is 12.0. The van der Waals surface area contributed by atoms with E-state index in [1.54, 1.807) is 51.1 Å². The van der Waals surface area contributed by atoms with Gasteiger partial charge in [0.2, 0.25) is 5.91 Å². The first kappa shape index (κ1) is 25.0. The summed E-state index contributed by atoms with van der Waals surface area (Å²) in [5.74, 6) is -0.262. The van der Waals surface area contributed by atoms with E-state index >= 15 is 0 Å². The Morgan fingerprint density at radius 3 is 2.14 bits per heavy atom. The van der Waals surface area contributed by atoms with Crippen molar-refractivity contribution in [1.82, 2.24) is 5.32 Å². The molecule has 112 valence electrons. The van der Waals surface area contributed by atoms with Crippen molar-refractivity contribution >= 4 is 13.7 Å². The molecule has 0 aliphatic rings. The van der Waals surface area contributed by atoms with Crippen molar-refractivity contribution in [2.75, 3.05) is 6.61 Å². The third kappa shape index (κ3) is 9.83. The second-order valence-corrected chi connectivity index (χ2v) is 6.58. The summed E-state index contributed by atoms with van der Waals surface area (Å²) < 4.78 is 14.9. The summed E-state index contributed by atoms with van der Waals surface area (Å²) in [4.78, 5) is 33.2. The van der Waals surface area contributed by atoms with E-state index in [4.69, 9.17) is 0 Å². The zero-order valence-electron chi connectivity index (χ0n) is 13.7. The van der Waals surface area contributed by atoms with Crippen molar-refractivity contribution < 1.29 is 82.8 Å². The molecule has 0 aromatic heterocycles. The molecule has 0 unspecified atom stereocenters. The first-order chi connectivity index (χ1) is 9.09. The van der Waals surface area contributed by atoms with Crippen molar-refractivity contribution in [2.45, 2.75) is 26.8 Å². The number of hydrogen-bond acceptors (Lipinski definition) is 5. The SMILES string of the molecule is CC(C)(C)C(=O)N[C@H](COP(=O)([O-])[O-])c1ccccc1.[Na+].[Na+]. The van der Waals surface area contributed by atoms with Crippen LogP contribution in [0.5, 0.6) is 0 Å². The molecule has 0 aliphatic carbocycles. The standard InChI is InChI=1S/C13H20NO5P.2Na/c1-13(2,3)12(15)14-11(9-19-20(16,17)18)10-7-5-4-6-8-10;;/h4-8,11H,9H2,1-3H3,(H,14,15)(H2,16,17,18);;/q;2*+1/p-2/t11-;;/m1../s1. The van der Waals surface area contributed by atoms with E-state index in [-0.39, 0.29) is 65.0 Å². The number of phosphoric ester groups is 1. The summed E-state index contributed by atoms with van der Waals surface area (Å²) in [5, 5.41) is 2.68. The molecule has 9 heteroatoms. The van der Waals surface area contributed by atoms with Crippen molar-refractivity contribution in [3.8, 4) is 0 Å². The molecule has 0 fully saturated rings. The summed E-state index contributed by atoms with van der Waals surface area (Å²) in [5.41, 5.74) is 0.0320. The Morgan fingerprint density at radius 1 is 1.23 bits per heavy atom. The Morgan fingerprint density at radius 2 is 1.73 bits per heavy atom. The first-order valence-electron chi connectivity index (χ1n) is 6.12. The van der Waals surface area contributed by atoms with Crippen LogP contribution in [0.1, 0.15) is 32.4 Å². The largest absolute Gasteiger partial charge is 1.00 e. The molecular weight excluding hydrogens is 327 g/mol. The predicted molar refractivity (Wildman–Crippen MR) is 70.3 cm³/mol. The van der Waals surface area contributed by atoms with Crippen LogP contribution < -0.4 is 74.2 Å². The summed E-state index contributed by atoms with van der Waals surface area (Å²) in [6.45, 7) is 4.78. The van der Waals surface area contributed by atoms with Crippen molar-refractivity contribution in [1.29, 1.82) is 0 Å². The van der Waals surface area contributed by atoms with E-state index in [1.165, 1.54) is 0 Å². The summed E-state index contributed by atoms with van der Waals surface area (Å²) in [6, 6.07) is 8.03. The molecule has 1 N–H and O–H groups in total. The molecule has 0 saturated heterocycles. The van der Waals surface area contributed by atoms with Gasteiger partial charge in [0.15, 0.2) is 0 Å². The van der Waals surface area contributed by atoms with E-state index in [0.29, 0.717) is 5.56 Å². The van der Waals surface area contributed by atoms with Crippen LogP contribution in [0.25, 0.3) is 0 Å². The molecule has 6 nitrogen and oxygen atoms in total. The zero-order valence-corrected chi connectivity index (χ0v) is 18.6. The molecule has 0 radical (unpaired) electrons. The number of nitrogens with one attached hydrogen (secondary N) is 1. The maximum absolute atomic E-state index is 12.0. The Balaban J connectivity index is 0. The first-order valence-corrected chi connectivity index (χ1v) is 7.58. The normalized spacial score (nSPS) is 12.6. The van der Waals surface area contributed by atoms with E-state index in [1.807, 2.05) is 0 Å². The monoisotopic (exact) mass is 345 g/mol. The number of rotatable bonds is 5. The van der Waals surface area contributed by atoms with Gasteiger partial charge in [-0.15, -0.1) is 0 Å². The number of carbonyl (C=O) groups excluding carboxylic acids is 1. The average molecular weight is 345 g/mol. The van der Waals surface area contributed by atoms with Crippen molar-refractivity contribution in [2.24, 2.45) is 5.41 Å². The molecule has 22 heavy (non-hydrogen) atoms. The molecule has 0 saturated carbocycles.